The molecule has 5 aliphatic carbocycles. The van der Waals surface area contributed by atoms with E-state index in [0.29, 0.717) is 0 Å². The Hall–Kier alpha value is -1.56. The molecular weight excluding hydrogens is 252 g/mol. The number of allylic oxidation sites excluding steroid dienone is 2. The van der Waals surface area contributed by atoms with Crippen LogP contribution in [0.2, 0.25) is 0 Å². The monoisotopic (exact) mass is 272 g/mol. The van der Waals surface area contributed by atoms with Crippen LogP contribution in [0.4, 0.5) is 0 Å². The van der Waals surface area contributed by atoms with Crippen molar-refractivity contribution in [3.05, 3.63) is 47.5 Å². The Morgan fingerprint density at radius 1 is 0.619 bits per heavy atom. The molecule has 0 heteroatoms. The molecule has 2 aromatic carbocycles. The van der Waals surface area contributed by atoms with Crippen LogP contribution in [0.3, 0.4) is 0 Å². The first-order chi connectivity index (χ1) is 10.4. The molecule has 0 unspecified atom stereocenters. The van der Waals surface area contributed by atoms with Gasteiger partial charge in [-0.2, -0.15) is 0 Å². The van der Waals surface area contributed by atoms with Crippen molar-refractivity contribution < 1.29 is 0 Å². The first kappa shape index (κ1) is 11.1. The standard InChI is InChI=1S/C21H20/c1-3-14-4-2-6-18-19(14)17(5-1)20-15-8-12-7-13(9-15)11-16(10-12)21(18)20/h1-6,12-13,15-16H,7-11H2. The minimum atomic E-state index is 0.856. The van der Waals surface area contributed by atoms with Crippen LogP contribution in [0.25, 0.3) is 21.9 Å². The van der Waals surface area contributed by atoms with Crippen LogP contribution < -0.4 is 0 Å². The Morgan fingerprint density at radius 3 is 1.67 bits per heavy atom. The zero-order chi connectivity index (χ0) is 13.6. The lowest BCUT2D eigenvalue weighted by Gasteiger charge is -2.40. The minimum Gasteiger partial charge on any atom is -0.0610 e. The molecule has 0 atom stereocenters. The van der Waals surface area contributed by atoms with E-state index in [9.17, 15) is 0 Å². The molecule has 4 bridgehead atoms. The fourth-order valence-electron chi connectivity index (χ4n) is 6.28. The average molecular weight is 272 g/mol. The van der Waals surface area contributed by atoms with Crippen molar-refractivity contribution in [2.24, 2.45) is 23.7 Å². The molecule has 104 valence electrons. The molecule has 2 fully saturated rings. The molecule has 0 radical (unpaired) electrons. The first-order valence-electron chi connectivity index (χ1n) is 8.65. The molecule has 0 aliphatic heterocycles. The van der Waals surface area contributed by atoms with Gasteiger partial charge in [0.1, 0.15) is 0 Å². The molecule has 0 N–H and O–H groups in total. The van der Waals surface area contributed by atoms with E-state index in [1.54, 1.807) is 27.7 Å². The molecule has 0 heterocycles. The predicted molar refractivity (Wildman–Crippen MR) is 87.8 cm³/mol. The van der Waals surface area contributed by atoms with Crippen molar-refractivity contribution in [3.8, 4) is 0 Å². The highest BCUT2D eigenvalue weighted by molar-refractivity contribution is 6.14. The zero-order valence-corrected chi connectivity index (χ0v) is 12.3. The SMILES string of the molecule is c1cc2c3c(cccc3c1)C1=C2C2CC3CC(C2)CC1C3. The summed E-state index contributed by atoms with van der Waals surface area (Å²) < 4.78 is 0. The molecule has 0 saturated heterocycles. The van der Waals surface area contributed by atoms with Gasteiger partial charge < -0.3 is 0 Å². The molecule has 5 aliphatic rings. The van der Waals surface area contributed by atoms with Gasteiger partial charge in [0.25, 0.3) is 0 Å². The number of benzene rings is 2. The van der Waals surface area contributed by atoms with Gasteiger partial charge in [-0.15, -0.1) is 0 Å². The normalized spacial score (nSPS) is 35.4. The Morgan fingerprint density at radius 2 is 1.14 bits per heavy atom. The van der Waals surface area contributed by atoms with Crippen LogP contribution in [0.1, 0.15) is 43.2 Å². The Balaban J connectivity index is 1.71. The highest BCUT2D eigenvalue weighted by Gasteiger charge is 2.46. The van der Waals surface area contributed by atoms with Gasteiger partial charge in [0.05, 0.1) is 0 Å². The van der Waals surface area contributed by atoms with Crippen LogP contribution >= 0.6 is 0 Å². The van der Waals surface area contributed by atoms with Crippen LogP contribution in [-0.4, -0.2) is 0 Å². The maximum absolute atomic E-state index is 2.40. The Bertz CT molecular complexity index is 735. The summed E-state index contributed by atoms with van der Waals surface area (Å²) in [7, 11) is 0. The molecular formula is C21H20. The van der Waals surface area contributed by atoms with E-state index in [1.165, 1.54) is 37.5 Å². The van der Waals surface area contributed by atoms with E-state index in [1.807, 2.05) is 0 Å². The average Bonchev–Trinajstić information content (AvgIpc) is 2.73. The van der Waals surface area contributed by atoms with Crippen molar-refractivity contribution in [1.82, 2.24) is 0 Å². The predicted octanol–water partition coefficient (Wildman–Crippen LogP) is 5.52. The van der Waals surface area contributed by atoms with Gasteiger partial charge in [-0.25, -0.2) is 0 Å². The van der Waals surface area contributed by atoms with Crippen LogP contribution in [0.5, 0.6) is 0 Å². The van der Waals surface area contributed by atoms with Crippen LogP contribution in [0, 0.1) is 23.7 Å². The van der Waals surface area contributed by atoms with Gasteiger partial charge in [0.15, 0.2) is 0 Å². The first-order valence-corrected chi connectivity index (χ1v) is 8.65. The van der Waals surface area contributed by atoms with Gasteiger partial charge in [0, 0.05) is 0 Å². The summed E-state index contributed by atoms with van der Waals surface area (Å²) in [4.78, 5) is 0. The fourth-order valence-corrected chi connectivity index (χ4v) is 6.28. The van der Waals surface area contributed by atoms with Crippen molar-refractivity contribution in [2.45, 2.75) is 32.1 Å². The summed E-state index contributed by atoms with van der Waals surface area (Å²) in [6.07, 6.45) is 7.40. The lowest BCUT2D eigenvalue weighted by molar-refractivity contribution is 0.147. The molecule has 2 aromatic rings. The van der Waals surface area contributed by atoms with E-state index in [4.69, 9.17) is 0 Å². The number of hydrogen-bond donors (Lipinski definition) is 0. The third-order valence-electron chi connectivity index (χ3n) is 6.73. The molecule has 2 saturated carbocycles. The van der Waals surface area contributed by atoms with Gasteiger partial charge in [-0.05, 0) is 88.8 Å². The van der Waals surface area contributed by atoms with E-state index in [-0.39, 0.29) is 0 Å². The summed E-state index contributed by atoms with van der Waals surface area (Å²) in [5, 5.41) is 3.01. The molecule has 7 rings (SSSR count). The van der Waals surface area contributed by atoms with Gasteiger partial charge >= 0.3 is 0 Å². The Kier molecular flexibility index (Phi) is 1.90. The van der Waals surface area contributed by atoms with Crippen molar-refractivity contribution in [3.63, 3.8) is 0 Å². The summed E-state index contributed by atoms with van der Waals surface area (Å²) in [6.45, 7) is 0. The second kappa shape index (κ2) is 3.61. The highest BCUT2D eigenvalue weighted by Crippen LogP contribution is 2.61. The minimum absolute atomic E-state index is 0.856. The van der Waals surface area contributed by atoms with E-state index in [2.05, 4.69) is 36.4 Å². The van der Waals surface area contributed by atoms with Crippen LogP contribution in [0.15, 0.2) is 36.4 Å². The van der Waals surface area contributed by atoms with Crippen LogP contribution in [-0.2, 0) is 0 Å². The highest BCUT2D eigenvalue weighted by atomic mass is 14.5. The van der Waals surface area contributed by atoms with E-state index < -0.39 is 0 Å². The van der Waals surface area contributed by atoms with Crippen molar-refractivity contribution >= 4 is 21.9 Å². The summed E-state index contributed by atoms with van der Waals surface area (Å²) in [5.74, 6) is 3.75. The topological polar surface area (TPSA) is 0 Å². The summed E-state index contributed by atoms with van der Waals surface area (Å²) >= 11 is 0. The largest absolute Gasteiger partial charge is 0.0610 e. The number of rotatable bonds is 0. The second-order valence-electron chi connectivity index (χ2n) is 7.84. The molecule has 0 amide bonds. The Labute approximate surface area is 125 Å². The maximum Gasteiger partial charge on any atom is -0.00329 e. The fraction of sp³-hybridized carbons (Fsp3) is 0.429. The molecule has 21 heavy (non-hydrogen) atoms. The van der Waals surface area contributed by atoms with Gasteiger partial charge in [0.2, 0.25) is 0 Å². The van der Waals surface area contributed by atoms with Gasteiger partial charge in [-0.1, -0.05) is 36.4 Å². The summed E-state index contributed by atoms with van der Waals surface area (Å²) in [6, 6.07) is 13.9. The van der Waals surface area contributed by atoms with E-state index >= 15 is 0 Å². The lowest BCUT2D eigenvalue weighted by Crippen LogP contribution is -2.28. The number of hydrogen-bond acceptors (Lipinski definition) is 0. The lowest BCUT2D eigenvalue weighted by atomic mass is 9.65. The molecule has 0 nitrogen and oxygen atoms in total. The third-order valence-corrected chi connectivity index (χ3v) is 6.73. The molecule has 0 spiro atoms. The smallest absolute Gasteiger partial charge is 0.00329 e. The second-order valence-corrected chi connectivity index (χ2v) is 7.84. The van der Waals surface area contributed by atoms with Crippen molar-refractivity contribution in [1.29, 1.82) is 0 Å². The van der Waals surface area contributed by atoms with E-state index in [0.717, 1.165) is 23.7 Å². The van der Waals surface area contributed by atoms with Crippen molar-refractivity contribution in [2.75, 3.05) is 0 Å². The molecule has 0 aromatic heterocycles. The summed E-state index contributed by atoms with van der Waals surface area (Å²) in [5.41, 5.74) is 6.74. The third kappa shape index (κ3) is 1.28. The van der Waals surface area contributed by atoms with Gasteiger partial charge in [-0.3, -0.25) is 0 Å². The quantitative estimate of drug-likeness (QED) is 0.592. The maximum atomic E-state index is 2.40. The zero-order valence-electron chi connectivity index (χ0n) is 12.3.